The molecule has 6 nitrogen and oxygen atoms in total. The van der Waals surface area contributed by atoms with Crippen LogP contribution >= 0.6 is 22.9 Å². The van der Waals surface area contributed by atoms with Gasteiger partial charge < -0.3 is 5.32 Å². The van der Waals surface area contributed by atoms with Gasteiger partial charge in [0.15, 0.2) is 0 Å². The quantitative estimate of drug-likeness (QED) is 0.525. The first-order chi connectivity index (χ1) is 8.15. The van der Waals surface area contributed by atoms with Crippen molar-refractivity contribution in [2.24, 2.45) is 0 Å². The molecule has 17 heavy (non-hydrogen) atoms. The summed E-state index contributed by atoms with van der Waals surface area (Å²) in [7, 11) is 0. The van der Waals surface area contributed by atoms with Crippen molar-refractivity contribution >= 4 is 34.4 Å². The van der Waals surface area contributed by atoms with Gasteiger partial charge in [0, 0.05) is 5.38 Å². The van der Waals surface area contributed by atoms with Crippen molar-refractivity contribution in [3.05, 3.63) is 44.0 Å². The first kappa shape index (κ1) is 11.7. The van der Waals surface area contributed by atoms with Crippen LogP contribution in [0.3, 0.4) is 0 Å². The van der Waals surface area contributed by atoms with Crippen molar-refractivity contribution < 1.29 is 4.92 Å². The van der Waals surface area contributed by atoms with Crippen LogP contribution in [0.2, 0.25) is 5.15 Å². The molecule has 2 rings (SSSR count). The maximum Gasteiger partial charge on any atom is 0.276 e. The van der Waals surface area contributed by atoms with Crippen molar-refractivity contribution in [2.45, 2.75) is 6.54 Å². The van der Waals surface area contributed by atoms with Crippen molar-refractivity contribution in [3.63, 3.8) is 0 Å². The molecule has 0 unspecified atom stereocenters. The summed E-state index contributed by atoms with van der Waals surface area (Å²) in [6.07, 6.45) is 0. The number of rotatable bonds is 4. The lowest BCUT2D eigenvalue weighted by atomic mass is 10.4. The highest BCUT2D eigenvalue weighted by molar-refractivity contribution is 7.07. The molecule has 0 aliphatic heterocycles. The van der Waals surface area contributed by atoms with Gasteiger partial charge in [-0.15, -0.1) is 11.3 Å². The Labute approximate surface area is 105 Å². The molecule has 0 radical (unpaired) electrons. The summed E-state index contributed by atoms with van der Waals surface area (Å²) in [4.78, 5) is 18.1. The lowest BCUT2D eigenvalue weighted by Gasteiger charge is -2.03. The van der Waals surface area contributed by atoms with E-state index in [0.29, 0.717) is 12.4 Å². The minimum atomic E-state index is -0.512. The number of nitrogens with zero attached hydrogens (tertiary/aromatic N) is 3. The number of pyridine rings is 1. The Morgan fingerprint density at radius 2 is 2.35 bits per heavy atom. The van der Waals surface area contributed by atoms with E-state index in [1.54, 1.807) is 5.51 Å². The molecule has 0 aliphatic rings. The third-order valence-corrected chi connectivity index (χ3v) is 2.75. The van der Waals surface area contributed by atoms with Crippen LogP contribution in [0, 0.1) is 10.1 Å². The fourth-order valence-electron chi connectivity index (χ4n) is 1.19. The fourth-order valence-corrected chi connectivity index (χ4v) is 1.95. The number of anilines is 1. The van der Waals surface area contributed by atoms with Crippen LogP contribution < -0.4 is 5.32 Å². The molecule has 0 saturated heterocycles. The third-order valence-electron chi connectivity index (χ3n) is 1.92. The predicted molar refractivity (Wildman–Crippen MR) is 65.3 cm³/mol. The Morgan fingerprint density at radius 3 is 3.00 bits per heavy atom. The van der Waals surface area contributed by atoms with E-state index in [1.807, 2.05) is 5.38 Å². The van der Waals surface area contributed by atoms with Gasteiger partial charge in [-0.3, -0.25) is 10.1 Å². The highest BCUT2D eigenvalue weighted by Gasteiger charge is 2.10. The summed E-state index contributed by atoms with van der Waals surface area (Å²) in [5, 5.41) is 15.5. The van der Waals surface area contributed by atoms with E-state index in [1.165, 1.54) is 23.5 Å². The molecular weight excluding hydrogens is 264 g/mol. The van der Waals surface area contributed by atoms with Crippen LogP contribution in [0.4, 0.5) is 11.5 Å². The Hall–Kier alpha value is -1.73. The van der Waals surface area contributed by atoms with Crippen LogP contribution in [-0.4, -0.2) is 14.9 Å². The van der Waals surface area contributed by atoms with E-state index in [2.05, 4.69) is 15.3 Å². The minimum absolute atomic E-state index is 0.0833. The zero-order valence-electron chi connectivity index (χ0n) is 8.46. The summed E-state index contributed by atoms with van der Waals surface area (Å²) in [5.74, 6) is 0.359. The summed E-state index contributed by atoms with van der Waals surface area (Å²) in [5.41, 5.74) is 2.47. The predicted octanol–water partition coefficient (Wildman–Crippen LogP) is 2.71. The number of nitrogens with one attached hydrogen (secondary N) is 1. The molecule has 0 atom stereocenters. The third kappa shape index (κ3) is 3.11. The van der Waals surface area contributed by atoms with Crippen LogP contribution in [0.5, 0.6) is 0 Å². The smallest absolute Gasteiger partial charge is 0.276 e. The molecule has 88 valence electrons. The van der Waals surface area contributed by atoms with Gasteiger partial charge in [0.1, 0.15) is 11.0 Å². The van der Waals surface area contributed by atoms with Gasteiger partial charge in [0.05, 0.1) is 34.8 Å². The van der Waals surface area contributed by atoms with Crippen molar-refractivity contribution in [3.8, 4) is 0 Å². The van der Waals surface area contributed by atoms with E-state index in [9.17, 15) is 10.1 Å². The Balaban J connectivity index is 2.13. The SMILES string of the molecule is O=[N+]([O-])c1cc(Cl)nc(NCc2cscn2)c1. The maximum absolute atomic E-state index is 10.6. The lowest BCUT2D eigenvalue weighted by Crippen LogP contribution is -2.02. The normalized spacial score (nSPS) is 10.2. The Bertz CT molecular complexity index is 532. The van der Waals surface area contributed by atoms with Gasteiger partial charge in [-0.1, -0.05) is 11.6 Å². The van der Waals surface area contributed by atoms with E-state index in [4.69, 9.17) is 11.6 Å². The van der Waals surface area contributed by atoms with Gasteiger partial charge in [0.25, 0.3) is 5.69 Å². The maximum atomic E-state index is 10.6. The van der Waals surface area contributed by atoms with Crippen molar-refractivity contribution in [1.82, 2.24) is 9.97 Å². The average Bonchev–Trinajstić information content (AvgIpc) is 2.78. The van der Waals surface area contributed by atoms with Crippen molar-refractivity contribution in [1.29, 1.82) is 0 Å². The molecule has 2 aromatic heterocycles. The highest BCUT2D eigenvalue weighted by atomic mass is 35.5. The molecule has 2 aromatic rings. The van der Waals surface area contributed by atoms with Gasteiger partial charge in [-0.25, -0.2) is 9.97 Å². The number of hydrogen-bond donors (Lipinski definition) is 1. The van der Waals surface area contributed by atoms with E-state index in [-0.39, 0.29) is 10.8 Å². The molecule has 0 aliphatic carbocycles. The van der Waals surface area contributed by atoms with Gasteiger partial charge >= 0.3 is 0 Å². The number of hydrogen-bond acceptors (Lipinski definition) is 6. The molecule has 0 amide bonds. The van der Waals surface area contributed by atoms with Gasteiger partial charge in [-0.05, 0) is 0 Å². The van der Waals surface area contributed by atoms with Crippen LogP contribution in [-0.2, 0) is 6.54 Å². The second-order valence-electron chi connectivity index (χ2n) is 3.12. The Kier molecular flexibility index (Phi) is 3.50. The van der Waals surface area contributed by atoms with Crippen molar-refractivity contribution in [2.75, 3.05) is 5.32 Å². The first-order valence-corrected chi connectivity index (χ1v) is 5.90. The number of aromatic nitrogens is 2. The zero-order valence-corrected chi connectivity index (χ0v) is 10.0. The number of nitro groups is 1. The second-order valence-corrected chi connectivity index (χ2v) is 4.23. The number of thiazole rings is 1. The highest BCUT2D eigenvalue weighted by Crippen LogP contribution is 2.20. The summed E-state index contributed by atoms with van der Waals surface area (Å²) in [6.45, 7) is 0.452. The molecular formula is C9H7ClN4O2S. The topological polar surface area (TPSA) is 81.0 Å². The zero-order chi connectivity index (χ0) is 12.3. The largest absolute Gasteiger partial charge is 0.364 e. The Morgan fingerprint density at radius 1 is 1.53 bits per heavy atom. The van der Waals surface area contributed by atoms with Crippen LogP contribution in [0.15, 0.2) is 23.0 Å². The summed E-state index contributed by atoms with van der Waals surface area (Å²) < 4.78 is 0. The van der Waals surface area contributed by atoms with Gasteiger partial charge in [0.2, 0.25) is 0 Å². The van der Waals surface area contributed by atoms with E-state index >= 15 is 0 Å². The van der Waals surface area contributed by atoms with Gasteiger partial charge in [-0.2, -0.15) is 0 Å². The van der Waals surface area contributed by atoms with E-state index in [0.717, 1.165) is 5.69 Å². The minimum Gasteiger partial charge on any atom is -0.364 e. The monoisotopic (exact) mass is 270 g/mol. The molecule has 2 heterocycles. The van der Waals surface area contributed by atoms with E-state index < -0.39 is 4.92 Å². The second kappa shape index (κ2) is 5.07. The number of halogens is 1. The standard InChI is InChI=1S/C9H7ClN4O2S/c10-8-1-7(14(15)16)2-9(13-8)11-3-6-4-17-5-12-6/h1-2,4-5H,3H2,(H,11,13). The molecule has 0 spiro atoms. The van der Waals surface area contributed by atoms with Crippen LogP contribution in [0.25, 0.3) is 0 Å². The molecule has 0 aromatic carbocycles. The molecule has 0 saturated carbocycles. The van der Waals surface area contributed by atoms with Crippen LogP contribution in [0.1, 0.15) is 5.69 Å². The fraction of sp³-hybridized carbons (Fsp3) is 0.111. The molecule has 0 bridgehead atoms. The summed E-state index contributed by atoms with van der Waals surface area (Å²) >= 11 is 7.17. The molecule has 1 N–H and O–H groups in total. The lowest BCUT2D eigenvalue weighted by molar-refractivity contribution is -0.384. The average molecular weight is 271 g/mol. The first-order valence-electron chi connectivity index (χ1n) is 4.58. The summed E-state index contributed by atoms with van der Waals surface area (Å²) in [6, 6.07) is 2.54. The molecule has 0 fully saturated rings. The molecule has 8 heteroatoms.